The number of allylic oxidation sites excluding steroid dienone is 15. The lowest BCUT2D eigenvalue weighted by Crippen LogP contribution is -2.29. The topological polar surface area (TPSA) is 61.8 Å². The van der Waals surface area contributed by atoms with Gasteiger partial charge in [-0.05, 0) is 103 Å². The molecule has 0 aliphatic carbocycles. The summed E-state index contributed by atoms with van der Waals surface area (Å²) in [5.41, 5.74) is 0. The fourth-order valence-electron chi connectivity index (χ4n) is 7.85. The average molecular weight is 946 g/mol. The molecule has 0 amide bonds. The Labute approximate surface area is 422 Å². The van der Waals surface area contributed by atoms with Crippen LogP contribution in [-0.2, 0) is 23.8 Å². The van der Waals surface area contributed by atoms with Crippen molar-refractivity contribution in [1.82, 2.24) is 0 Å². The molecule has 0 heterocycles. The van der Waals surface area contributed by atoms with Crippen LogP contribution in [0.1, 0.15) is 265 Å². The summed E-state index contributed by atoms with van der Waals surface area (Å²) in [6, 6.07) is 0. The van der Waals surface area contributed by atoms with Crippen molar-refractivity contribution in [2.24, 2.45) is 0 Å². The largest absolute Gasteiger partial charge is 0.462 e. The maximum atomic E-state index is 12.8. The molecule has 1 unspecified atom stereocenters. The van der Waals surface area contributed by atoms with Crippen LogP contribution in [0.15, 0.2) is 97.2 Å². The summed E-state index contributed by atoms with van der Waals surface area (Å²) in [7, 11) is 0. The quantitative estimate of drug-likeness (QED) is 0.0345. The highest BCUT2D eigenvalue weighted by Gasteiger charge is 2.17. The van der Waals surface area contributed by atoms with Crippen LogP contribution in [-0.4, -0.2) is 37.9 Å². The zero-order chi connectivity index (χ0) is 49.2. The van der Waals surface area contributed by atoms with E-state index in [-0.39, 0.29) is 31.6 Å². The van der Waals surface area contributed by atoms with Gasteiger partial charge >= 0.3 is 11.9 Å². The molecule has 68 heavy (non-hydrogen) atoms. The molecule has 0 aromatic heterocycles. The minimum Gasteiger partial charge on any atom is -0.462 e. The van der Waals surface area contributed by atoms with Crippen LogP contribution < -0.4 is 0 Å². The Balaban J connectivity index is 4.37. The van der Waals surface area contributed by atoms with Gasteiger partial charge in [0, 0.05) is 13.0 Å². The minimum atomic E-state index is -0.599. The highest BCUT2D eigenvalue weighted by atomic mass is 16.6. The Hall–Kier alpha value is -3.18. The summed E-state index contributed by atoms with van der Waals surface area (Å²) in [6.07, 6.45) is 78.8. The van der Waals surface area contributed by atoms with Gasteiger partial charge in [0.25, 0.3) is 0 Å². The van der Waals surface area contributed by atoms with Crippen molar-refractivity contribution in [3.63, 3.8) is 0 Å². The van der Waals surface area contributed by atoms with Gasteiger partial charge < -0.3 is 14.2 Å². The Kier molecular flexibility index (Phi) is 55.4. The third kappa shape index (κ3) is 55.4. The Bertz CT molecular complexity index is 1300. The smallest absolute Gasteiger partial charge is 0.310 e. The van der Waals surface area contributed by atoms with Gasteiger partial charge in [-0.15, -0.1) is 0 Å². The van der Waals surface area contributed by atoms with E-state index in [1.807, 2.05) is 12.2 Å². The van der Waals surface area contributed by atoms with E-state index in [0.29, 0.717) is 13.0 Å². The number of hydrogen-bond donors (Lipinski definition) is 0. The standard InChI is InChI=1S/C63H108O5/c1-4-7-10-13-16-19-22-25-28-30-32-33-36-38-41-44-47-50-53-56-62(64)67-60-61(68-63(65)57-54-51-48-45-42-39-35-27-24-21-18-15-12-9-6-3)59-66-58-55-52-49-46-43-40-37-34-31-29-26-23-20-17-14-11-8-5-2/h9,12,16,18-19,21,25-29,35,42,45,51,54,61H,4-8,10-11,13-15,17,20,22-24,30-34,36-41,43-44,46-50,52-53,55-60H2,1-3H3/b12-9-,19-16-,21-18-,28-25-,29-26-,35-27-,45-42-,54-51-. The van der Waals surface area contributed by atoms with E-state index < -0.39 is 6.10 Å². The van der Waals surface area contributed by atoms with Crippen LogP contribution >= 0.6 is 0 Å². The van der Waals surface area contributed by atoms with E-state index in [9.17, 15) is 9.59 Å². The number of carbonyl (C=O) groups excluding carboxylic acids is 2. The fourth-order valence-corrected chi connectivity index (χ4v) is 7.85. The van der Waals surface area contributed by atoms with Crippen LogP contribution in [0.5, 0.6) is 0 Å². The maximum Gasteiger partial charge on any atom is 0.310 e. The minimum absolute atomic E-state index is 0.0388. The van der Waals surface area contributed by atoms with Gasteiger partial charge in [-0.1, -0.05) is 246 Å². The van der Waals surface area contributed by atoms with Gasteiger partial charge in [0.05, 0.1) is 13.0 Å². The predicted octanol–water partition coefficient (Wildman–Crippen LogP) is 19.8. The number of ether oxygens (including phenoxy) is 3. The molecule has 0 aromatic rings. The number of esters is 2. The van der Waals surface area contributed by atoms with Crippen molar-refractivity contribution >= 4 is 11.9 Å². The van der Waals surface area contributed by atoms with Gasteiger partial charge in [-0.3, -0.25) is 9.59 Å². The van der Waals surface area contributed by atoms with E-state index >= 15 is 0 Å². The Morgan fingerprint density at radius 2 is 0.706 bits per heavy atom. The molecule has 390 valence electrons. The summed E-state index contributed by atoms with van der Waals surface area (Å²) in [4.78, 5) is 25.4. The maximum absolute atomic E-state index is 12.8. The molecule has 1 atom stereocenters. The molecule has 0 aliphatic rings. The van der Waals surface area contributed by atoms with Gasteiger partial charge in [0.15, 0.2) is 6.10 Å². The Morgan fingerprint density at radius 3 is 1.18 bits per heavy atom. The number of hydrogen-bond acceptors (Lipinski definition) is 5. The summed E-state index contributed by atoms with van der Waals surface area (Å²) in [5.74, 6) is -0.547. The molecule has 0 bridgehead atoms. The van der Waals surface area contributed by atoms with E-state index in [0.717, 1.165) is 70.6 Å². The van der Waals surface area contributed by atoms with Crippen LogP contribution in [0.25, 0.3) is 0 Å². The second-order valence-corrected chi connectivity index (χ2v) is 18.8. The second-order valence-electron chi connectivity index (χ2n) is 18.8. The molecule has 0 saturated carbocycles. The van der Waals surface area contributed by atoms with Crippen molar-refractivity contribution < 1.29 is 23.8 Å². The normalized spacial score (nSPS) is 12.9. The first-order chi connectivity index (χ1) is 33.6. The predicted molar refractivity (Wildman–Crippen MR) is 297 cm³/mol. The van der Waals surface area contributed by atoms with E-state index in [4.69, 9.17) is 14.2 Å². The van der Waals surface area contributed by atoms with Crippen molar-refractivity contribution in [1.29, 1.82) is 0 Å². The molecule has 0 fully saturated rings. The van der Waals surface area contributed by atoms with Gasteiger partial charge in [-0.2, -0.15) is 0 Å². The highest BCUT2D eigenvalue weighted by Crippen LogP contribution is 2.14. The zero-order valence-corrected chi connectivity index (χ0v) is 44.8. The van der Waals surface area contributed by atoms with Gasteiger partial charge in [0.2, 0.25) is 0 Å². The first-order valence-electron chi connectivity index (χ1n) is 28.8. The monoisotopic (exact) mass is 945 g/mol. The number of rotatable bonds is 52. The number of carbonyl (C=O) groups is 2. The first kappa shape index (κ1) is 64.8. The van der Waals surface area contributed by atoms with Crippen molar-refractivity contribution in [3.8, 4) is 0 Å². The van der Waals surface area contributed by atoms with Gasteiger partial charge in [-0.25, -0.2) is 0 Å². The lowest BCUT2D eigenvalue weighted by atomic mass is 10.1. The van der Waals surface area contributed by atoms with Crippen LogP contribution in [0.3, 0.4) is 0 Å². The lowest BCUT2D eigenvalue weighted by Gasteiger charge is -2.18. The molecular formula is C63H108O5. The summed E-state index contributed by atoms with van der Waals surface area (Å²) in [5, 5.41) is 0. The van der Waals surface area contributed by atoms with Crippen molar-refractivity contribution in [2.45, 2.75) is 271 Å². The zero-order valence-electron chi connectivity index (χ0n) is 44.8. The third-order valence-corrected chi connectivity index (χ3v) is 12.1. The van der Waals surface area contributed by atoms with Crippen molar-refractivity contribution in [3.05, 3.63) is 97.2 Å². The van der Waals surface area contributed by atoms with Crippen LogP contribution in [0, 0.1) is 0 Å². The summed E-state index contributed by atoms with van der Waals surface area (Å²) >= 11 is 0. The van der Waals surface area contributed by atoms with Gasteiger partial charge in [0.1, 0.15) is 6.61 Å². The van der Waals surface area contributed by atoms with Crippen molar-refractivity contribution in [2.75, 3.05) is 19.8 Å². The second kappa shape index (κ2) is 58.1. The van der Waals surface area contributed by atoms with E-state index in [1.54, 1.807) is 0 Å². The summed E-state index contributed by atoms with van der Waals surface area (Å²) < 4.78 is 17.4. The summed E-state index contributed by atoms with van der Waals surface area (Å²) in [6.45, 7) is 7.59. The molecule has 0 radical (unpaired) electrons. The average Bonchev–Trinajstić information content (AvgIpc) is 3.34. The molecule has 0 N–H and O–H groups in total. The molecule has 0 rings (SSSR count). The molecule has 5 heteroatoms. The lowest BCUT2D eigenvalue weighted by molar-refractivity contribution is -0.162. The molecule has 0 spiro atoms. The van der Waals surface area contributed by atoms with E-state index in [2.05, 4.69) is 106 Å². The molecule has 0 aromatic carbocycles. The third-order valence-electron chi connectivity index (χ3n) is 12.1. The van der Waals surface area contributed by atoms with E-state index in [1.165, 1.54) is 161 Å². The SMILES string of the molecule is CC/C=C\C/C=C\C/C=C\C/C=C\C/C=C\CC(=O)OC(COCCCCCCCCCC/C=C\CCCCCCCC)COC(=O)CCCCCCCCCCC/C=C\C/C=C\CCCCC. The fraction of sp³-hybridized carbons (Fsp3) is 0.714. The molecule has 0 aliphatic heterocycles. The first-order valence-corrected chi connectivity index (χ1v) is 28.8. The highest BCUT2D eigenvalue weighted by molar-refractivity contribution is 5.71. The number of unbranched alkanes of at least 4 members (excludes halogenated alkanes) is 26. The molecule has 5 nitrogen and oxygen atoms in total. The van der Waals surface area contributed by atoms with Crippen LogP contribution in [0.2, 0.25) is 0 Å². The Morgan fingerprint density at radius 1 is 0.353 bits per heavy atom. The van der Waals surface area contributed by atoms with Crippen LogP contribution in [0.4, 0.5) is 0 Å². The molecule has 0 saturated heterocycles. The molecular weight excluding hydrogens is 837 g/mol.